The first-order chi connectivity index (χ1) is 10.0. The van der Waals surface area contributed by atoms with Crippen LogP contribution >= 0.6 is 15.9 Å². The topological polar surface area (TPSA) is 71.3 Å². The van der Waals surface area contributed by atoms with Gasteiger partial charge in [0.05, 0.1) is 12.5 Å². The predicted octanol–water partition coefficient (Wildman–Crippen LogP) is 3.03. The van der Waals surface area contributed by atoms with Crippen molar-refractivity contribution in [1.82, 2.24) is 5.32 Å². The summed E-state index contributed by atoms with van der Waals surface area (Å²) in [5, 5.41) is 5.66. The second-order valence-corrected chi connectivity index (χ2v) is 5.72. The summed E-state index contributed by atoms with van der Waals surface area (Å²) in [7, 11) is 0. The molecule has 3 rings (SSSR count). The third-order valence-corrected chi connectivity index (χ3v) is 3.83. The van der Waals surface area contributed by atoms with Crippen molar-refractivity contribution >= 4 is 33.4 Å². The van der Waals surface area contributed by atoms with Crippen LogP contribution in [0.15, 0.2) is 39.4 Å². The molecule has 1 aromatic carbocycles. The van der Waals surface area contributed by atoms with Gasteiger partial charge in [0, 0.05) is 5.69 Å². The second-order valence-electron chi connectivity index (χ2n) is 4.94. The second kappa shape index (κ2) is 5.37. The maximum absolute atomic E-state index is 12.0. The fourth-order valence-corrected chi connectivity index (χ4v) is 2.61. The zero-order valence-electron chi connectivity index (χ0n) is 11.3. The number of hydrogen-bond donors (Lipinski definition) is 2. The number of carbonyl (C=O) groups is 2. The summed E-state index contributed by atoms with van der Waals surface area (Å²) < 4.78 is 5.74. The number of carbonyl (C=O) groups excluding carboxylic acids is 2. The predicted molar refractivity (Wildman–Crippen MR) is 81.1 cm³/mol. The number of rotatable bonds is 3. The minimum atomic E-state index is -0.275. The Bertz CT molecular complexity index is 723. The van der Waals surface area contributed by atoms with Crippen LogP contribution in [0.25, 0.3) is 0 Å². The third-order valence-electron chi connectivity index (χ3n) is 3.40. The van der Waals surface area contributed by atoms with E-state index in [0.717, 1.165) is 16.8 Å². The lowest BCUT2D eigenvalue weighted by atomic mass is 10.0. The number of fused-ring (bicyclic) bond motifs is 1. The van der Waals surface area contributed by atoms with Crippen LogP contribution in [-0.4, -0.2) is 11.8 Å². The molecule has 0 spiro atoms. The normalized spacial score (nSPS) is 14.5. The number of hydrogen-bond acceptors (Lipinski definition) is 3. The smallest absolute Gasteiger partial charge is 0.287 e. The van der Waals surface area contributed by atoms with Gasteiger partial charge in [0.25, 0.3) is 5.91 Å². The van der Waals surface area contributed by atoms with Crippen molar-refractivity contribution in [2.24, 2.45) is 0 Å². The van der Waals surface area contributed by atoms with Crippen LogP contribution in [0.5, 0.6) is 0 Å². The Hall–Kier alpha value is -2.08. The third kappa shape index (κ3) is 2.85. The first-order valence-corrected chi connectivity index (χ1v) is 7.31. The van der Waals surface area contributed by atoms with E-state index >= 15 is 0 Å². The lowest BCUT2D eigenvalue weighted by Crippen LogP contribution is -2.26. The lowest BCUT2D eigenvalue weighted by molar-refractivity contribution is -0.115. The molecule has 0 bridgehead atoms. The number of anilines is 1. The average Bonchev–Trinajstić information content (AvgIpc) is 3.02. The van der Waals surface area contributed by atoms with Gasteiger partial charge in [-0.15, -0.1) is 0 Å². The van der Waals surface area contributed by atoms with E-state index in [1.165, 1.54) is 0 Å². The summed E-state index contributed by atoms with van der Waals surface area (Å²) in [6.45, 7) is 1.89. The molecule has 1 aromatic heterocycles. The molecule has 1 atom stereocenters. The standard InChI is InChI=1S/C15H13BrN2O3/c1-8(17-15(20)12-4-5-13(16)21-12)9-2-3-11-10(6-9)7-14(19)18-11/h2-6,8H,7H2,1H3,(H,17,20)(H,18,19). The molecule has 2 heterocycles. The molecule has 6 heteroatoms. The molecule has 5 nitrogen and oxygen atoms in total. The van der Waals surface area contributed by atoms with Gasteiger partial charge in [0.1, 0.15) is 0 Å². The number of nitrogens with one attached hydrogen (secondary N) is 2. The molecule has 0 fully saturated rings. The first-order valence-electron chi connectivity index (χ1n) is 6.52. The van der Waals surface area contributed by atoms with Crippen LogP contribution in [0.2, 0.25) is 0 Å². The molecule has 0 aliphatic carbocycles. The van der Waals surface area contributed by atoms with Crippen LogP contribution in [0.3, 0.4) is 0 Å². The quantitative estimate of drug-likeness (QED) is 0.895. The van der Waals surface area contributed by atoms with Crippen molar-refractivity contribution in [3.8, 4) is 0 Å². The van der Waals surface area contributed by atoms with Crippen molar-refractivity contribution in [2.45, 2.75) is 19.4 Å². The maximum Gasteiger partial charge on any atom is 0.287 e. The highest BCUT2D eigenvalue weighted by atomic mass is 79.9. The van der Waals surface area contributed by atoms with Gasteiger partial charge in [-0.1, -0.05) is 12.1 Å². The summed E-state index contributed by atoms with van der Waals surface area (Å²) in [6.07, 6.45) is 0.384. The Morgan fingerprint density at radius 2 is 2.19 bits per heavy atom. The molecular weight excluding hydrogens is 336 g/mol. The van der Waals surface area contributed by atoms with Crippen molar-refractivity contribution in [3.63, 3.8) is 0 Å². The van der Waals surface area contributed by atoms with Crippen LogP contribution in [0.4, 0.5) is 5.69 Å². The van der Waals surface area contributed by atoms with Gasteiger partial charge in [0.15, 0.2) is 10.4 Å². The van der Waals surface area contributed by atoms with E-state index in [9.17, 15) is 9.59 Å². The van der Waals surface area contributed by atoms with Gasteiger partial charge in [-0.05, 0) is 52.2 Å². The molecule has 1 aliphatic rings. The van der Waals surface area contributed by atoms with Crippen LogP contribution in [0, 0.1) is 0 Å². The fourth-order valence-electron chi connectivity index (χ4n) is 2.31. The van der Waals surface area contributed by atoms with Crippen LogP contribution < -0.4 is 10.6 Å². The summed E-state index contributed by atoms with van der Waals surface area (Å²) in [4.78, 5) is 23.4. The van der Waals surface area contributed by atoms with E-state index in [0.29, 0.717) is 11.1 Å². The van der Waals surface area contributed by atoms with Gasteiger partial charge < -0.3 is 15.1 Å². The monoisotopic (exact) mass is 348 g/mol. The van der Waals surface area contributed by atoms with Gasteiger partial charge >= 0.3 is 0 Å². The zero-order chi connectivity index (χ0) is 15.0. The van der Waals surface area contributed by atoms with E-state index in [1.807, 2.05) is 25.1 Å². The Labute approximate surface area is 129 Å². The van der Waals surface area contributed by atoms with E-state index in [4.69, 9.17) is 4.42 Å². The van der Waals surface area contributed by atoms with Gasteiger partial charge in [0.2, 0.25) is 5.91 Å². The molecular formula is C15H13BrN2O3. The maximum atomic E-state index is 12.0. The van der Waals surface area contributed by atoms with Crippen molar-refractivity contribution < 1.29 is 14.0 Å². The van der Waals surface area contributed by atoms with E-state index < -0.39 is 0 Å². The Morgan fingerprint density at radius 3 is 2.90 bits per heavy atom. The minimum Gasteiger partial charge on any atom is -0.444 e. The van der Waals surface area contributed by atoms with Crippen molar-refractivity contribution in [1.29, 1.82) is 0 Å². The first kappa shape index (κ1) is 13.9. The SMILES string of the molecule is CC(NC(=O)c1ccc(Br)o1)c1ccc2c(c1)CC(=O)N2. The molecule has 21 heavy (non-hydrogen) atoms. The molecule has 1 aliphatic heterocycles. The summed E-state index contributed by atoms with van der Waals surface area (Å²) in [5.41, 5.74) is 2.75. The van der Waals surface area contributed by atoms with Gasteiger partial charge in [-0.3, -0.25) is 9.59 Å². The van der Waals surface area contributed by atoms with E-state index in [2.05, 4.69) is 26.6 Å². The summed E-state index contributed by atoms with van der Waals surface area (Å²) in [6, 6.07) is 8.80. The largest absolute Gasteiger partial charge is 0.444 e. The van der Waals surface area contributed by atoms with E-state index in [1.54, 1.807) is 12.1 Å². The van der Waals surface area contributed by atoms with Gasteiger partial charge in [-0.2, -0.15) is 0 Å². The molecule has 2 amide bonds. The molecule has 0 saturated carbocycles. The minimum absolute atomic E-state index is 0.000672. The molecule has 108 valence electrons. The zero-order valence-corrected chi connectivity index (χ0v) is 12.9. The molecule has 2 N–H and O–H groups in total. The molecule has 0 saturated heterocycles. The van der Waals surface area contributed by atoms with E-state index in [-0.39, 0.29) is 23.6 Å². The Morgan fingerprint density at radius 1 is 1.38 bits per heavy atom. The number of halogens is 1. The summed E-state index contributed by atoms with van der Waals surface area (Å²) in [5.74, 6) is -0.0195. The van der Waals surface area contributed by atoms with Crippen molar-refractivity contribution in [2.75, 3.05) is 5.32 Å². The average molecular weight is 349 g/mol. The highest BCUT2D eigenvalue weighted by Crippen LogP contribution is 2.26. The number of amides is 2. The van der Waals surface area contributed by atoms with Gasteiger partial charge in [-0.25, -0.2) is 0 Å². The number of furan rings is 1. The van der Waals surface area contributed by atoms with Crippen LogP contribution in [-0.2, 0) is 11.2 Å². The fraction of sp³-hybridized carbons (Fsp3) is 0.200. The molecule has 0 radical (unpaired) electrons. The highest BCUT2D eigenvalue weighted by Gasteiger charge is 2.20. The Kier molecular flexibility index (Phi) is 3.55. The highest BCUT2D eigenvalue weighted by molar-refractivity contribution is 9.10. The Balaban J connectivity index is 1.74. The number of benzene rings is 1. The molecule has 1 unspecified atom stereocenters. The lowest BCUT2D eigenvalue weighted by Gasteiger charge is -2.14. The van der Waals surface area contributed by atoms with Crippen molar-refractivity contribution in [3.05, 3.63) is 51.9 Å². The van der Waals surface area contributed by atoms with Crippen LogP contribution in [0.1, 0.15) is 34.6 Å². The molecule has 2 aromatic rings. The summed E-state index contributed by atoms with van der Waals surface area (Å²) >= 11 is 3.17.